The van der Waals surface area contributed by atoms with E-state index in [4.69, 9.17) is 0 Å². The molecule has 2 heteroatoms. The second-order valence-corrected chi connectivity index (χ2v) is 4.92. The molecule has 1 atom stereocenters. The van der Waals surface area contributed by atoms with Crippen molar-refractivity contribution < 1.29 is 0 Å². The molecule has 18 heavy (non-hydrogen) atoms. The summed E-state index contributed by atoms with van der Waals surface area (Å²) in [4.78, 5) is 2.56. The normalized spacial score (nSPS) is 26.1. The van der Waals surface area contributed by atoms with Gasteiger partial charge in [0.15, 0.2) is 0 Å². The molecule has 0 saturated carbocycles. The van der Waals surface area contributed by atoms with Crippen LogP contribution >= 0.6 is 0 Å². The van der Waals surface area contributed by atoms with E-state index >= 15 is 0 Å². The van der Waals surface area contributed by atoms with Crippen molar-refractivity contribution >= 4 is 0 Å². The van der Waals surface area contributed by atoms with Crippen LogP contribution in [-0.4, -0.2) is 24.5 Å². The number of likely N-dealkylation sites (tertiary alicyclic amines) is 1. The number of piperidine rings is 1. The molecule has 2 heterocycles. The summed E-state index contributed by atoms with van der Waals surface area (Å²) in [5, 5.41) is 3.31. The maximum Gasteiger partial charge on any atom is 0.0336 e. The summed E-state index contributed by atoms with van der Waals surface area (Å²) in [7, 11) is 0. The average Bonchev–Trinajstić information content (AvgIpc) is 2.42. The molecule has 1 fully saturated rings. The molecule has 0 amide bonds. The van der Waals surface area contributed by atoms with Crippen molar-refractivity contribution in [2.45, 2.75) is 40.5 Å². The zero-order valence-electron chi connectivity index (χ0n) is 12.4. The molecule has 2 aliphatic heterocycles. The number of nitrogens with zero attached hydrogens (tertiary/aromatic N) is 1. The highest BCUT2D eigenvalue weighted by Gasteiger charge is 2.16. The molecular weight excluding hydrogens is 220 g/mol. The van der Waals surface area contributed by atoms with Gasteiger partial charge in [-0.25, -0.2) is 0 Å². The Morgan fingerprint density at radius 3 is 2.72 bits per heavy atom. The largest absolute Gasteiger partial charge is 0.362 e. The first-order chi connectivity index (χ1) is 8.78. The molecule has 0 aliphatic carbocycles. The molecule has 0 unspecified atom stereocenters. The summed E-state index contributed by atoms with van der Waals surface area (Å²) < 4.78 is 0. The van der Waals surface area contributed by atoms with Crippen LogP contribution in [0.25, 0.3) is 0 Å². The number of allylic oxidation sites excluding steroid dienone is 2. The molecule has 1 saturated heterocycles. The second kappa shape index (κ2) is 8.15. The first-order valence-corrected chi connectivity index (χ1v) is 7.30. The maximum absolute atomic E-state index is 3.31. The van der Waals surface area contributed by atoms with Crippen LogP contribution in [0.15, 0.2) is 35.7 Å². The molecule has 2 nitrogen and oxygen atoms in total. The minimum atomic E-state index is 0.862. The van der Waals surface area contributed by atoms with Crippen LogP contribution in [0.5, 0.6) is 0 Å². The van der Waals surface area contributed by atoms with Crippen molar-refractivity contribution in [3.63, 3.8) is 0 Å². The van der Waals surface area contributed by atoms with Crippen molar-refractivity contribution in [2.75, 3.05) is 19.6 Å². The fraction of sp³-hybridized carbons (Fsp3) is 0.625. The number of hydrogen-bond acceptors (Lipinski definition) is 2. The quantitative estimate of drug-likeness (QED) is 0.801. The third-order valence-corrected chi connectivity index (χ3v) is 3.36. The fourth-order valence-corrected chi connectivity index (χ4v) is 2.44. The Morgan fingerprint density at radius 1 is 1.39 bits per heavy atom. The lowest BCUT2D eigenvalue weighted by atomic mass is 9.99. The first-order valence-electron chi connectivity index (χ1n) is 7.30. The van der Waals surface area contributed by atoms with Gasteiger partial charge in [-0.2, -0.15) is 0 Å². The van der Waals surface area contributed by atoms with Gasteiger partial charge in [0.25, 0.3) is 0 Å². The fourth-order valence-electron chi connectivity index (χ4n) is 2.44. The number of dihydropyridines is 1. The highest BCUT2D eigenvalue weighted by Crippen LogP contribution is 2.17. The average molecular weight is 248 g/mol. The van der Waals surface area contributed by atoms with Gasteiger partial charge < -0.3 is 5.32 Å². The van der Waals surface area contributed by atoms with Crippen molar-refractivity contribution in [3.05, 3.63) is 35.7 Å². The van der Waals surface area contributed by atoms with Crippen molar-refractivity contribution in [2.24, 2.45) is 5.92 Å². The molecule has 102 valence electrons. The summed E-state index contributed by atoms with van der Waals surface area (Å²) in [5.74, 6) is 0.862. The smallest absolute Gasteiger partial charge is 0.0336 e. The van der Waals surface area contributed by atoms with Crippen molar-refractivity contribution in [1.29, 1.82) is 0 Å². The highest BCUT2D eigenvalue weighted by molar-refractivity contribution is 5.33. The van der Waals surface area contributed by atoms with Crippen LogP contribution in [0.3, 0.4) is 0 Å². The van der Waals surface area contributed by atoms with Crippen LogP contribution in [0.1, 0.15) is 40.5 Å². The van der Waals surface area contributed by atoms with Gasteiger partial charge in [0, 0.05) is 25.0 Å². The van der Waals surface area contributed by atoms with Gasteiger partial charge in [-0.3, -0.25) is 4.90 Å². The van der Waals surface area contributed by atoms with E-state index in [2.05, 4.69) is 48.5 Å². The zero-order valence-corrected chi connectivity index (χ0v) is 12.4. The van der Waals surface area contributed by atoms with E-state index in [1.165, 1.54) is 37.2 Å². The lowest BCUT2D eigenvalue weighted by Crippen LogP contribution is -2.35. The van der Waals surface area contributed by atoms with Gasteiger partial charge in [0.05, 0.1) is 0 Å². The Morgan fingerprint density at radius 2 is 2.17 bits per heavy atom. The monoisotopic (exact) mass is 248 g/mol. The van der Waals surface area contributed by atoms with Crippen molar-refractivity contribution in [3.8, 4) is 0 Å². The summed E-state index contributed by atoms with van der Waals surface area (Å²) in [6.45, 7) is 12.0. The summed E-state index contributed by atoms with van der Waals surface area (Å²) in [6.07, 6.45) is 11.4. The third kappa shape index (κ3) is 4.69. The van der Waals surface area contributed by atoms with Gasteiger partial charge in [0.2, 0.25) is 0 Å². The summed E-state index contributed by atoms with van der Waals surface area (Å²) >= 11 is 0. The molecule has 0 aromatic heterocycles. The molecule has 1 N–H and O–H groups in total. The molecule has 0 bridgehead atoms. The molecule has 0 spiro atoms. The van der Waals surface area contributed by atoms with Crippen LogP contribution in [0.2, 0.25) is 0 Å². The minimum Gasteiger partial charge on any atom is -0.362 e. The van der Waals surface area contributed by atoms with E-state index in [1.807, 2.05) is 13.8 Å². The van der Waals surface area contributed by atoms with Crippen molar-refractivity contribution in [1.82, 2.24) is 10.2 Å². The lowest BCUT2D eigenvalue weighted by molar-refractivity contribution is 0.198. The third-order valence-electron chi connectivity index (χ3n) is 3.36. The van der Waals surface area contributed by atoms with Gasteiger partial charge in [-0.15, -0.1) is 0 Å². The van der Waals surface area contributed by atoms with E-state index in [1.54, 1.807) is 0 Å². The van der Waals surface area contributed by atoms with E-state index in [0.29, 0.717) is 0 Å². The summed E-state index contributed by atoms with van der Waals surface area (Å²) in [5.41, 5.74) is 2.58. The SMILES string of the molecule is C/C=C1/C=CC(CN2CCC[C@H](C)C2)=CN1.CC. The van der Waals surface area contributed by atoms with E-state index in [-0.39, 0.29) is 0 Å². The van der Waals surface area contributed by atoms with Gasteiger partial charge in [-0.05, 0) is 43.9 Å². The predicted molar refractivity (Wildman–Crippen MR) is 80.3 cm³/mol. The van der Waals surface area contributed by atoms with Crippen LogP contribution in [-0.2, 0) is 0 Å². The Hall–Kier alpha value is -1.02. The maximum atomic E-state index is 3.31. The van der Waals surface area contributed by atoms with Gasteiger partial charge in [0.1, 0.15) is 0 Å². The van der Waals surface area contributed by atoms with Crippen LogP contribution in [0.4, 0.5) is 0 Å². The molecule has 0 aromatic rings. The number of nitrogens with one attached hydrogen (secondary N) is 1. The van der Waals surface area contributed by atoms with Crippen LogP contribution in [0, 0.1) is 5.92 Å². The zero-order chi connectivity index (χ0) is 13.4. The molecule has 0 aromatic carbocycles. The minimum absolute atomic E-state index is 0.862. The Bertz CT molecular complexity index is 326. The summed E-state index contributed by atoms with van der Waals surface area (Å²) in [6, 6.07) is 0. The van der Waals surface area contributed by atoms with Gasteiger partial charge in [-0.1, -0.05) is 32.9 Å². The van der Waals surface area contributed by atoms with E-state index in [0.717, 1.165) is 12.5 Å². The number of hydrogen-bond donors (Lipinski definition) is 1. The first kappa shape index (κ1) is 15.0. The Balaban J connectivity index is 0.000000771. The van der Waals surface area contributed by atoms with E-state index < -0.39 is 0 Å². The second-order valence-electron chi connectivity index (χ2n) is 4.92. The lowest BCUT2D eigenvalue weighted by Gasteiger charge is -2.31. The number of rotatable bonds is 2. The van der Waals surface area contributed by atoms with E-state index in [9.17, 15) is 0 Å². The Labute approximate surface area is 112 Å². The molecule has 2 aliphatic rings. The van der Waals surface area contributed by atoms with Crippen LogP contribution < -0.4 is 5.32 Å². The molecular formula is C16H28N2. The standard InChI is InChI=1S/C14H22N2.C2H6/c1-3-14-7-6-13(9-15-14)11-16-8-4-5-12(2)10-16;1-2/h3,6-7,9,12,15H,4-5,8,10-11H2,1-2H3;1-2H3/b14-3-;/t12-;/m0./s1. The predicted octanol–water partition coefficient (Wildman–Crippen LogP) is 3.69. The molecule has 0 radical (unpaired) electrons. The highest BCUT2D eigenvalue weighted by atomic mass is 15.1. The Kier molecular flexibility index (Phi) is 6.81. The molecule has 2 rings (SSSR count). The topological polar surface area (TPSA) is 15.3 Å². The van der Waals surface area contributed by atoms with Gasteiger partial charge >= 0.3 is 0 Å².